The summed E-state index contributed by atoms with van der Waals surface area (Å²) >= 11 is 0. The Labute approximate surface area is 94.8 Å². The summed E-state index contributed by atoms with van der Waals surface area (Å²) in [6, 6.07) is 0. The molecule has 0 N–H and O–H groups in total. The quantitative estimate of drug-likeness (QED) is 0.600. The number of hydrogen-bond donors (Lipinski definition) is 0. The van der Waals surface area contributed by atoms with Gasteiger partial charge in [0.15, 0.2) is 0 Å². The molecular weight excluding hydrogens is 208 g/mol. The topological polar surface area (TPSA) is 0 Å². The fraction of sp³-hybridized carbons (Fsp3) is 1.00. The van der Waals surface area contributed by atoms with Crippen LogP contribution in [0, 0.1) is 0 Å². The molecule has 0 fully saturated rings. The average molecular weight is 231 g/mol. The third-order valence-corrected chi connectivity index (χ3v) is 0. The van der Waals surface area contributed by atoms with Crippen molar-refractivity contribution in [2.75, 3.05) is 0 Å². The van der Waals surface area contributed by atoms with Crippen LogP contribution in [0.1, 0.15) is 27.7 Å². The fourth-order valence-corrected chi connectivity index (χ4v) is 0. The Balaban J connectivity index is -0.00000000114. The van der Waals surface area contributed by atoms with Gasteiger partial charge in [0, 0.05) is 0 Å². The first-order valence-electron chi connectivity index (χ1n) is 2.00. The molecule has 0 saturated heterocycles. The normalized spacial score (nSPS) is 1.33. The van der Waals surface area contributed by atoms with Gasteiger partial charge in [-0.25, -0.2) is 0 Å². The molecule has 0 rings (SSSR count). The van der Waals surface area contributed by atoms with Gasteiger partial charge in [-0.2, -0.15) is 67.5 Å². The summed E-state index contributed by atoms with van der Waals surface area (Å²) in [4.78, 5) is 0. The van der Waals surface area contributed by atoms with E-state index in [0.717, 1.165) is 0 Å². The van der Waals surface area contributed by atoms with Gasteiger partial charge in [-0.1, -0.05) is 27.7 Å². The fourth-order valence-electron chi connectivity index (χ4n) is 0. The van der Waals surface area contributed by atoms with Crippen LogP contribution in [0.3, 0.4) is 0 Å². The SMILES string of the molecule is CC.CC.S.S.S.S.S. The Kier molecular flexibility index (Phi) is 1970. The van der Waals surface area contributed by atoms with E-state index >= 15 is 0 Å². The molecule has 0 aromatic heterocycles. The Morgan fingerprint density at radius 1 is 0.333 bits per heavy atom. The van der Waals surface area contributed by atoms with Gasteiger partial charge in [0.2, 0.25) is 0 Å². The second-order valence-corrected chi connectivity index (χ2v) is 0. The largest absolute Gasteiger partial charge is 0.197 e. The van der Waals surface area contributed by atoms with Gasteiger partial charge in [0.05, 0.1) is 0 Å². The predicted molar refractivity (Wildman–Crippen MR) is 74.6 cm³/mol. The summed E-state index contributed by atoms with van der Waals surface area (Å²) in [7, 11) is 0. The highest BCUT2D eigenvalue weighted by molar-refractivity contribution is 7.60. The molecule has 0 bridgehead atoms. The van der Waals surface area contributed by atoms with Crippen molar-refractivity contribution in [2.24, 2.45) is 0 Å². The lowest BCUT2D eigenvalue weighted by molar-refractivity contribution is 1.50. The Morgan fingerprint density at radius 3 is 0.333 bits per heavy atom. The molecule has 5 heteroatoms. The third kappa shape index (κ3) is 191. The van der Waals surface area contributed by atoms with E-state index < -0.39 is 0 Å². The molecule has 0 aliphatic carbocycles. The minimum absolute atomic E-state index is 0. The van der Waals surface area contributed by atoms with Crippen LogP contribution >= 0.6 is 67.5 Å². The first-order valence-corrected chi connectivity index (χ1v) is 2.00. The molecule has 0 nitrogen and oxygen atoms in total. The molecule has 68 valence electrons. The van der Waals surface area contributed by atoms with Gasteiger partial charge in [0.1, 0.15) is 0 Å². The average Bonchev–Trinajstić information content (AvgIpc) is 1.50. The van der Waals surface area contributed by atoms with Gasteiger partial charge in [-0.3, -0.25) is 0 Å². The van der Waals surface area contributed by atoms with Crippen LogP contribution in [0.4, 0.5) is 0 Å². The summed E-state index contributed by atoms with van der Waals surface area (Å²) in [5.74, 6) is 0. The van der Waals surface area contributed by atoms with Crippen molar-refractivity contribution in [2.45, 2.75) is 27.7 Å². The monoisotopic (exact) mass is 230 g/mol. The van der Waals surface area contributed by atoms with E-state index in [1.165, 1.54) is 0 Å². The zero-order chi connectivity index (χ0) is 4.00. The highest BCUT2D eigenvalue weighted by atomic mass is 32.1. The first kappa shape index (κ1) is 72.7. The molecule has 0 aromatic carbocycles. The molecule has 0 amide bonds. The van der Waals surface area contributed by atoms with Crippen LogP contribution in [0.5, 0.6) is 0 Å². The van der Waals surface area contributed by atoms with Crippen molar-refractivity contribution in [1.82, 2.24) is 0 Å². The van der Waals surface area contributed by atoms with E-state index in [4.69, 9.17) is 0 Å². The minimum Gasteiger partial charge on any atom is -0.197 e. The molecule has 0 heterocycles. The maximum Gasteiger partial charge on any atom is -0.0683 e. The molecule has 0 saturated carbocycles. The molecule has 0 aromatic rings. The van der Waals surface area contributed by atoms with E-state index in [-0.39, 0.29) is 67.5 Å². The van der Waals surface area contributed by atoms with Crippen LogP contribution in [-0.2, 0) is 0 Å². The minimum atomic E-state index is 0. The van der Waals surface area contributed by atoms with Crippen molar-refractivity contribution in [1.29, 1.82) is 0 Å². The van der Waals surface area contributed by atoms with E-state index in [0.29, 0.717) is 0 Å². The van der Waals surface area contributed by atoms with Gasteiger partial charge >= 0.3 is 0 Å². The molecule has 0 unspecified atom stereocenters. The zero-order valence-corrected chi connectivity index (χ0v) is 11.5. The molecular formula is C4H22S5. The third-order valence-electron chi connectivity index (χ3n) is 0. The van der Waals surface area contributed by atoms with Crippen LogP contribution < -0.4 is 0 Å². The lowest BCUT2D eigenvalue weighted by atomic mass is 11.0. The number of hydrogen-bond acceptors (Lipinski definition) is 0. The highest BCUT2D eigenvalue weighted by Gasteiger charge is 0.934. The Bertz CT molecular complexity index is 8.92. The van der Waals surface area contributed by atoms with Crippen LogP contribution in [0.25, 0.3) is 0 Å². The predicted octanol–water partition coefficient (Wildman–Crippen LogP) is 2.62. The van der Waals surface area contributed by atoms with Gasteiger partial charge in [-0.05, 0) is 0 Å². The Hall–Kier alpha value is 1.75. The van der Waals surface area contributed by atoms with Crippen molar-refractivity contribution >= 4 is 67.5 Å². The molecule has 0 spiro atoms. The molecule has 0 aliphatic heterocycles. The van der Waals surface area contributed by atoms with Gasteiger partial charge in [0.25, 0.3) is 0 Å². The van der Waals surface area contributed by atoms with E-state index in [1.807, 2.05) is 27.7 Å². The molecule has 0 radical (unpaired) electrons. The summed E-state index contributed by atoms with van der Waals surface area (Å²) in [5, 5.41) is 0. The molecule has 0 atom stereocenters. The summed E-state index contributed by atoms with van der Waals surface area (Å²) < 4.78 is 0. The zero-order valence-electron chi connectivity index (χ0n) is 6.50. The second kappa shape index (κ2) is 244. The lowest BCUT2D eigenvalue weighted by Crippen LogP contribution is -0.856. The maximum atomic E-state index is 2.00. The standard InChI is InChI=1S/2C2H6.5H2S/c2*1-2;;;;;/h2*1-2H3;5*1H2. The van der Waals surface area contributed by atoms with E-state index in [9.17, 15) is 0 Å². The van der Waals surface area contributed by atoms with Crippen LogP contribution in [0.2, 0.25) is 0 Å². The van der Waals surface area contributed by atoms with Crippen molar-refractivity contribution in [3.05, 3.63) is 0 Å². The second-order valence-electron chi connectivity index (χ2n) is 0. The summed E-state index contributed by atoms with van der Waals surface area (Å²) in [6.45, 7) is 8.00. The van der Waals surface area contributed by atoms with Crippen molar-refractivity contribution in [3.63, 3.8) is 0 Å². The number of rotatable bonds is 0. The first-order chi connectivity index (χ1) is 2.00. The lowest BCUT2D eigenvalue weighted by Gasteiger charge is -1.07. The summed E-state index contributed by atoms with van der Waals surface area (Å²) in [6.07, 6.45) is 0. The van der Waals surface area contributed by atoms with Crippen LogP contribution in [0.15, 0.2) is 0 Å². The highest BCUT2D eigenvalue weighted by Crippen LogP contribution is 1.15. The Morgan fingerprint density at radius 2 is 0.333 bits per heavy atom. The summed E-state index contributed by atoms with van der Waals surface area (Å²) in [5.41, 5.74) is 0. The van der Waals surface area contributed by atoms with E-state index in [2.05, 4.69) is 0 Å². The maximum absolute atomic E-state index is 2.00. The van der Waals surface area contributed by atoms with Gasteiger partial charge in [-0.15, -0.1) is 0 Å². The van der Waals surface area contributed by atoms with Crippen molar-refractivity contribution in [3.8, 4) is 0 Å². The van der Waals surface area contributed by atoms with E-state index in [1.54, 1.807) is 0 Å². The smallest absolute Gasteiger partial charge is 0.0683 e. The molecule has 9 heavy (non-hydrogen) atoms. The molecule has 0 aliphatic rings. The van der Waals surface area contributed by atoms with Crippen LogP contribution in [-0.4, -0.2) is 0 Å². The van der Waals surface area contributed by atoms with Crippen molar-refractivity contribution < 1.29 is 0 Å². The van der Waals surface area contributed by atoms with Gasteiger partial charge < -0.3 is 0 Å².